The maximum Gasteiger partial charge on any atom is 0 e. The summed E-state index contributed by atoms with van der Waals surface area (Å²) in [5.41, 5.74) is 0. The molecule has 0 fully saturated rings. The normalized spacial score (nSPS) is 0. The van der Waals surface area contributed by atoms with Crippen LogP contribution < -0.4 is 0 Å². The van der Waals surface area contributed by atoms with Gasteiger partial charge in [-0.05, 0) is 0 Å². The smallest absolute Gasteiger partial charge is 0 e. The van der Waals surface area contributed by atoms with Crippen LogP contribution in [0.5, 0.6) is 0 Å². The van der Waals surface area contributed by atoms with Crippen molar-refractivity contribution in [2.24, 2.45) is 0 Å². The zero-order valence-corrected chi connectivity index (χ0v) is 16.7. The molecule has 0 aromatic rings. The van der Waals surface area contributed by atoms with Gasteiger partial charge < -0.3 is 0 Å². The molecule has 0 N–H and O–H groups in total. The molecule has 5 heavy (non-hydrogen) atoms. The molecular weight excluding hydrogens is 588 g/mol. The van der Waals surface area contributed by atoms with Crippen LogP contribution in [0.15, 0.2) is 0 Å². The first-order valence-corrected chi connectivity index (χ1v) is 0. The Kier molecular flexibility index (Phi) is 189. The Morgan fingerprint density at radius 3 is 1.00 bits per heavy atom. The van der Waals surface area contributed by atoms with Gasteiger partial charge in [-0.3, -0.25) is 0 Å². The van der Waals surface area contributed by atoms with E-state index in [1.54, 1.807) is 0 Å². The molecule has 0 atom stereocenters. The summed E-state index contributed by atoms with van der Waals surface area (Å²) < 4.78 is 0. The van der Waals surface area contributed by atoms with Crippen molar-refractivity contribution in [3.63, 3.8) is 0 Å². The van der Waals surface area contributed by atoms with Gasteiger partial charge in [-0.25, -0.2) is 0 Å². The molecule has 0 bridgehead atoms. The molecule has 0 rings (SSSR count). The van der Waals surface area contributed by atoms with Crippen molar-refractivity contribution in [1.82, 2.24) is 0 Å². The van der Waals surface area contributed by atoms with Crippen LogP contribution in [0.2, 0.25) is 0 Å². The predicted octanol–water partition coefficient (Wildman–Crippen LogP) is -1.53. The van der Waals surface area contributed by atoms with E-state index in [9.17, 15) is 0 Å². The van der Waals surface area contributed by atoms with Crippen molar-refractivity contribution >= 4 is 93.6 Å². The molecular formula is AsPbSbSnZn. The molecule has 0 aliphatic carbocycles. The van der Waals surface area contributed by atoms with E-state index in [2.05, 4.69) is 0 Å². The second-order valence-electron chi connectivity index (χ2n) is 0. The first-order valence-electron chi connectivity index (χ1n) is 0. The van der Waals surface area contributed by atoms with Gasteiger partial charge in [0.25, 0.3) is 0 Å². The minimum absolute atomic E-state index is 0. The van der Waals surface area contributed by atoms with Crippen molar-refractivity contribution in [2.75, 3.05) is 0 Å². The summed E-state index contributed by atoms with van der Waals surface area (Å²) >= 11 is 0. The third kappa shape index (κ3) is 18.3. The first kappa shape index (κ1) is 37.5. The van der Waals surface area contributed by atoms with E-state index in [1.807, 2.05) is 0 Å². The SMILES string of the molecule is [As].[Pb].[Sb].[Sn].[Zn]. The molecule has 5 heteroatoms. The first-order chi connectivity index (χ1) is 0. The second-order valence-corrected chi connectivity index (χ2v) is 0. The molecule has 0 saturated heterocycles. The van der Waals surface area contributed by atoms with Crippen molar-refractivity contribution in [2.45, 2.75) is 0 Å². The number of hydrogen-bond acceptors (Lipinski definition) is 0. The largest absolute Gasteiger partial charge is 0 e. The maximum absolute atomic E-state index is 0. The fourth-order valence-corrected chi connectivity index (χ4v) is 0. The van der Waals surface area contributed by atoms with E-state index in [-0.39, 0.29) is 113 Å². The number of rotatable bonds is 0. The molecule has 0 saturated carbocycles. The van der Waals surface area contributed by atoms with Crippen molar-refractivity contribution in [3.05, 3.63) is 0 Å². The zero-order valence-electron chi connectivity index (χ0n) is 2.60. The Morgan fingerprint density at radius 1 is 1.00 bits per heavy atom. The van der Waals surface area contributed by atoms with Crippen LogP contribution in [0, 0.1) is 0 Å². The average molecular weight is 588 g/mol. The molecule has 20 valence electrons. The van der Waals surface area contributed by atoms with E-state index >= 15 is 0 Å². The third-order valence-corrected chi connectivity index (χ3v) is 0. The standard InChI is InChI=1S/As.Pb.Sb.Sn.Zn. The summed E-state index contributed by atoms with van der Waals surface area (Å²) in [6, 6.07) is 0. The van der Waals surface area contributed by atoms with Crippen LogP contribution in [-0.2, 0) is 19.5 Å². The molecule has 0 aromatic heterocycles. The van der Waals surface area contributed by atoms with E-state index in [0.29, 0.717) is 0 Å². The predicted molar refractivity (Wildman–Crippen MR) is 23.0 cm³/mol. The molecule has 0 unspecified atom stereocenters. The van der Waals surface area contributed by atoms with E-state index in [0.717, 1.165) is 0 Å². The molecule has 0 amide bonds. The Balaban J connectivity index is 0. The monoisotopic (exact) mass is 588 g/mol. The van der Waals surface area contributed by atoms with Gasteiger partial charge in [0.15, 0.2) is 0 Å². The minimum atomic E-state index is 0. The minimum Gasteiger partial charge on any atom is 0 e. The quantitative estimate of drug-likeness (QED) is 0.302. The summed E-state index contributed by atoms with van der Waals surface area (Å²) in [7, 11) is 0. The summed E-state index contributed by atoms with van der Waals surface area (Å²) in [6.07, 6.45) is 0. The van der Waals surface area contributed by atoms with E-state index in [1.165, 1.54) is 0 Å². The van der Waals surface area contributed by atoms with E-state index in [4.69, 9.17) is 0 Å². The summed E-state index contributed by atoms with van der Waals surface area (Å²) in [5, 5.41) is 0. The molecule has 0 spiro atoms. The van der Waals surface area contributed by atoms with Crippen LogP contribution in [0.1, 0.15) is 0 Å². The zero-order chi connectivity index (χ0) is 0. The van der Waals surface area contributed by atoms with Gasteiger partial charge in [-0.1, -0.05) is 0 Å². The van der Waals surface area contributed by atoms with Gasteiger partial charge in [0.1, 0.15) is 0 Å². The van der Waals surface area contributed by atoms with Gasteiger partial charge in [0, 0.05) is 113 Å². The van der Waals surface area contributed by atoms with Crippen LogP contribution >= 0.6 is 0 Å². The molecule has 0 nitrogen and oxygen atoms in total. The topological polar surface area (TPSA) is 0 Å². The Hall–Kier alpha value is 3.72. The maximum atomic E-state index is 0. The summed E-state index contributed by atoms with van der Waals surface area (Å²) in [4.78, 5) is 0. The molecule has 0 aliphatic rings. The molecule has 0 aromatic carbocycles. The van der Waals surface area contributed by atoms with E-state index < -0.39 is 0 Å². The molecule has 14 radical (unpaired) electrons. The van der Waals surface area contributed by atoms with Crippen molar-refractivity contribution in [3.8, 4) is 0 Å². The van der Waals surface area contributed by atoms with Crippen LogP contribution in [-0.4, -0.2) is 93.6 Å². The third-order valence-electron chi connectivity index (χ3n) is 0. The van der Waals surface area contributed by atoms with Crippen LogP contribution in [0.4, 0.5) is 0 Å². The van der Waals surface area contributed by atoms with Gasteiger partial charge in [0.2, 0.25) is 0 Å². The fraction of sp³-hybridized carbons (Fsp3) is 0. The van der Waals surface area contributed by atoms with Crippen molar-refractivity contribution in [1.29, 1.82) is 0 Å². The van der Waals surface area contributed by atoms with Crippen LogP contribution in [0.3, 0.4) is 0 Å². The van der Waals surface area contributed by atoms with Gasteiger partial charge >= 0.3 is 0 Å². The van der Waals surface area contributed by atoms with Gasteiger partial charge in [0.05, 0.1) is 0 Å². The van der Waals surface area contributed by atoms with Crippen molar-refractivity contribution < 1.29 is 19.5 Å². The molecule has 0 aliphatic heterocycles. The second kappa shape index (κ2) is 25.2. The Bertz CT molecular complexity index is 11.6. The van der Waals surface area contributed by atoms with Crippen LogP contribution in [0.25, 0.3) is 0 Å². The Morgan fingerprint density at radius 2 is 1.00 bits per heavy atom. The summed E-state index contributed by atoms with van der Waals surface area (Å²) in [5.74, 6) is 0. The average Bonchev–Trinajstić information content (AvgIpc) is 0. The fourth-order valence-electron chi connectivity index (χ4n) is 0. The van der Waals surface area contributed by atoms with Gasteiger partial charge in [-0.15, -0.1) is 0 Å². The number of hydrogen-bond donors (Lipinski definition) is 0. The summed E-state index contributed by atoms with van der Waals surface area (Å²) in [6.45, 7) is 0. The van der Waals surface area contributed by atoms with Gasteiger partial charge in [-0.2, -0.15) is 0 Å². The Labute approximate surface area is 111 Å². The molecule has 0 heterocycles.